The number of hydrogen-bond donors (Lipinski definition) is 1. The maximum absolute atomic E-state index is 12.9. The van der Waals surface area contributed by atoms with Crippen LogP contribution in [0.4, 0.5) is 5.69 Å². The fourth-order valence-electron chi connectivity index (χ4n) is 3.36. The van der Waals surface area contributed by atoms with Crippen molar-refractivity contribution in [3.8, 4) is 0 Å². The number of amides is 2. The van der Waals surface area contributed by atoms with E-state index in [9.17, 15) is 18.0 Å². The number of benzene rings is 2. The lowest BCUT2D eigenvalue weighted by Gasteiger charge is -2.34. The first-order valence-corrected chi connectivity index (χ1v) is 11.7. The zero-order valence-electron chi connectivity index (χ0n) is 16.2. The van der Waals surface area contributed by atoms with Crippen molar-refractivity contribution in [3.05, 3.63) is 53.5 Å². The summed E-state index contributed by atoms with van der Waals surface area (Å²) in [7, 11) is -3.67. The van der Waals surface area contributed by atoms with E-state index in [1.807, 2.05) is 12.1 Å². The summed E-state index contributed by atoms with van der Waals surface area (Å²) in [6, 6.07) is 11.5. The standard InChI is InChI=1S/C20H20N4O4S2/c1-14(25)22-16-3-5-17(6-4-16)30(27,28)24-10-8-23(9-11-24)20(26)15-2-7-18-19(12-15)29-13-21-18/h2-7,12-13H,8-11H2,1H3,(H,22,25). The SMILES string of the molecule is CC(=O)Nc1ccc(S(=O)(=O)N2CCN(C(=O)c3ccc4ncsc4c3)CC2)cc1. The number of nitrogens with one attached hydrogen (secondary N) is 1. The minimum atomic E-state index is -3.67. The average molecular weight is 445 g/mol. The summed E-state index contributed by atoms with van der Waals surface area (Å²) in [5, 5.41) is 2.61. The molecule has 0 bridgehead atoms. The summed E-state index contributed by atoms with van der Waals surface area (Å²) in [6.45, 7) is 2.49. The number of carbonyl (C=O) groups is 2. The van der Waals surface area contributed by atoms with E-state index in [1.165, 1.54) is 34.7 Å². The van der Waals surface area contributed by atoms with Crippen LogP contribution in [0.5, 0.6) is 0 Å². The van der Waals surface area contributed by atoms with Crippen LogP contribution < -0.4 is 5.32 Å². The minimum Gasteiger partial charge on any atom is -0.336 e. The summed E-state index contributed by atoms with van der Waals surface area (Å²) in [6.07, 6.45) is 0. The van der Waals surface area contributed by atoms with Crippen LogP contribution in [-0.2, 0) is 14.8 Å². The largest absolute Gasteiger partial charge is 0.336 e. The number of thiazole rings is 1. The molecule has 0 aliphatic carbocycles. The van der Waals surface area contributed by atoms with Crippen LogP contribution in [0.15, 0.2) is 52.9 Å². The van der Waals surface area contributed by atoms with Crippen LogP contribution in [0.1, 0.15) is 17.3 Å². The Balaban J connectivity index is 1.42. The van der Waals surface area contributed by atoms with E-state index in [-0.39, 0.29) is 29.8 Å². The summed E-state index contributed by atoms with van der Waals surface area (Å²) >= 11 is 1.48. The lowest BCUT2D eigenvalue weighted by Crippen LogP contribution is -2.50. The van der Waals surface area contributed by atoms with Gasteiger partial charge in [0.15, 0.2) is 0 Å². The molecule has 2 amide bonds. The van der Waals surface area contributed by atoms with Gasteiger partial charge in [-0.2, -0.15) is 4.31 Å². The van der Waals surface area contributed by atoms with Crippen molar-refractivity contribution in [2.45, 2.75) is 11.8 Å². The molecule has 0 saturated carbocycles. The Labute approximate surface area is 178 Å². The van der Waals surface area contributed by atoms with Gasteiger partial charge in [0.1, 0.15) is 0 Å². The molecule has 1 aromatic heterocycles. The average Bonchev–Trinajstić information content (AvgIpc) is 3.21. The second-order valence-corrected chi connectivity index (χ2v) is 9.76. The summed E-state index contributed by atoms with van der Waals surface area (Å²) in [5.74, 6) is -0.331. The zero-order valence-corrected chi connectivity index (χ0v) is 17.9. The Morgan fingerprint density at radius 1 is 1.03 bits per heavy atom. The zero-order chi connectivity index (χ0) is 21.3. The monoisotopic (exact) mass is 444 g/mol. The Hall–Kier alpha value is -2.82. The maximum Gasteiger partial charge on any atom is 0.253 e. The van der Waals surface area contributed by atoms with Crippen LogP contribution in [0.3, 0.4) is 0 Å². The molecule has 2 heterocycles. The van der Waals surface area contributed by atoms with E-state index in [2.05, 4.69) is 10.3 Å². The molecule has 1 N–H and O–H groups in total. The molecular formula is C20H20N4O4S2. The van der Waals surface area contributed by atoms with Gasteiger partial charge in [-0.05, 0) is 42.5 Å². The molecular weight excluding hydrogens is 424 g/mol. The highest BCUT2D eigenvalue weighted by Crippen LogP contribution is 2.22. The van der Waals surface area contributed by atoms with Gasteiger partial charge in [-0.25, -0.2) is 13.4 Å². The Bertz CT molecular complexity index is 1200. The molecule has 1 aliphatic rings. The number of hydrogen-bond acceptors (Lipinski definition) is 6. The van der Waals surface area contributed by atoms with E-state index < -0.39 is 10.0 Å². The number of piperazine rings is 1. The third-order valence-corrected chi connectivity index (χ3v) is 7.62. The normalized spacial score (nSPS) is 15.3. The van der Waals surface area contributed by atoms with E-state index in [1.54, 1.807) is 28.6 Å². The summed E-state index contributed by atoms with van der Waals surface area (Å²) in [5.41, 5.74) is 3.72. The van der Waals surface area contributed by atoms with Crippen molar-refractivity contribution in [1.82, 2.24) is 14.2 Å². The Morgan fingerprint density at radius 3 is 2.40 bits per heavy atom. The highest BCUT2D eigenvalue weighted by Gasteiger charge is 2.30. The first kappa shape index (κ1) is 20.5. The molecule has 3 aromatic rings. The van der Waals surface area contributed by atoms with E-state index in [4.69, 9.17) is 0 Å². The molecule has 1 fully saturated rings. The number of anilines is 1. The first-order valence-electron chi connectivity index (χ1n) is 9.35. The van der Waals surface area contributed by atoms with Crippen LogP contribution in [0.2, 0.25) is 0 Å². The number of carbonyl (C=O) groups excluding carboxylic acids is 2. The van der Waals surface area contributed by atoms with Crippen LogP contribution in [0.25, 0.3) is 10.2 Å². The van der Waals surface area contributed by atoms with Gasteiger partial charge in [0.05, 0.1) is 20.6 Å². The number of nitrogens with zero attached hydrogens (tertiary/aromatic N) is 3. The second kappa shape index (κ2) is 8.13. The molecule has 1 saturated heterocycles. The van der Waals surface area contributed by atoms with Crippen molar-refractivity contribution in [1.29, 1.82) is 0 Å². The Kier molecular flexibility index (Phi) is 5.54. The molecule has 0 unspecified atom stereocenters. The predicted molar refractivity (Wildman–Crippen MR) is 115 cm³/mol. The molecule has 0 spiro atoms. The maximum atomic E-state index is 12.9. The summed E-state index contributed by atoms with van der Waals surface area (Å²) < 4.78 is 28.2. The fraction of sp³-hybridized carbons (Fsp3) is 0.250. The van der Waals surface area contributed by atoms with E-state index in [0.717, 1.165) is 10.2 Å². The molecule has 0 atom stereocenters. The smallest absolute Gasteiger partial charge is 0.253 e. The molecule has 2 aromatic carbocycles. The molecule has 4 rings (SSSR count). The van der Waals surface area contributed by atoms with Crippen molar-refractivity contribution >= 4 is 49.1 Å². The second-order valence-electron chi connectivity index (χ2n) is 6.94. The highest BCUT2D eigenvalue weighted by molar-refractivity contribution is 7.89. The number of rotatable bonds is 4. The van der Waals surface area contributed by atoms with Gasteiger partial charge < -0.3 is 10.2 Å². The van der Waals surface area contributed by atoms with E-state index >= 15 is 0 Å². The van der Waals surface area contributed by atoms with Crippen molar-refractivity contribution in [2.24, 2.45) is 0 Å². The predicted octanol–water partition coefficient (Wildman–Crippen LogP) is 2.40. The van der Waals surface area contributed by atoms with Gasteiger partial charge in [0, 0.05) is 44.4 Å². The summed E-state index contributed by atoms with van der Waals surface area (Å²) in [4.78, 5) is 30.0. The quantitative estimate of drug-likeness (QED) is 0.666. The van der Waals surface area contributed by atoms with Crippen LogP contribution >= 0.6 is 11.3 Å². The van der Waals surface area contributed by atoms with Gasteiger partial charge in [-0.15, -0.1) is 11.3 Å². The molecule has 156 valence electrons. The van der Waals surface area contributed by atoms with Gasteiger partial charge in [0.25, 0.3) is 5.91 Å². The van der Waals surface area contributed by atoms with Crippen LogP contribution in [-0.4, -0.2) is 60.6 Å². The van der Waals surface area contributed by atoms with Crippen molar-refractivity contribution in [3.63, 3.8) is 0 Å². The number of sulfonamides is 1. The van der Waals surface area contributed by atoms with Gasteiger partial charge >= 0.3 is 0 Å². The highest BCUT2D eigenvalue weighted by atomic mass is 32.2. The van der Waals surface area contributed by atoms with Crippen LogP contribution in [0, 0.1) is 0 Å². The first-order chi connectivity index (χ1) is 14.3. The fourth-order valence-corrected chi connectivity index (χ4v) is 5.50. The third kappa shape index (κ3) is 4.07. The molecule has 1 aliphatic heterocycles. The van der Waals surface area contributed by atoms with Crippen molar-refractivity contribution in [2.75, 3.05) is 31.5 Å². The molecule has 30 heavy (non-hydrogen) atoms. The lowest BCUT2D eigenvalue weighted by molar-refractivity contribution is -0.114. The number of fused-ring (bicyclic) bond motifs is 1. The number of aromatic nitrogens is 1. The lowest BCUT2D eigenvalue weighted by atomic mass is 10.2. The van der Waals surface area contributed by atoms with Crippen molar-refractivity contribution < 1.29 is 18.0 Å². The third-order valence-electron chi connectivity index (χ3n) is 4.92. The molecule has 10 heteroatoms. The van der Waals surface area contributed by atoms with Gasteiger partial charge in [-0.3, -0.25) is 9.59 Å². The minimum absolute atomic E-state index is 0.109. The Morgan fingerprint density at radius 2 is 1.73 bits per heavy atom. The van der Waals surface area contributed by atoms with E-state index in [0.29, 0.717) is 24.3 Å². The topological polar surface area (TPSA) is 99.7 Å². The van der Waals surface area contributed by atoms with Gasteiger partial charge in [0.2, 0.25) is 15.9 Å². The molecule has 0 radical (unpaired) electrons. The van der Waals surface area contributed by atoms with Gasteiger partial charge in [-0.1, -0.05) is 0 Å². The molecule has 8 nitrogen and oxygen atoms in total.